The van der Waals surface area contributed by atoms with Crippen LogP contribution in [0, 0.1) is 0 Å². The first-order valence-electron chi connectivity index (χ1n) is 9.09. The number of nitrogens with zero attached hydrogens (tertiary/aromatic N) is 3. The zero-order valence-corrected chi connectivity index (χ0v) is 16.6. The Hall–Kier alpha value is -2.54. The number of pyridine rings is 1. The molecule has 3 aromatic heterocycles. The Morgan fingerprint density at radius 3 is 2.89 bits per heavy atom. The molecule has 1 aliphatic heterocycles. The molecule has 0 saturated heterocycles. The fraction of sp³-hybridized carbons (Fsp3) is 0.190. The quantitative estimate of drug-likeness (QED) is 0.550. The first kappa shape index (κ1) is 17.6. The van der Waals surface area contributed by atoms with E-state index in [0.29, 0.717) is 17.4 Å². The van der Waals surface area contributed by atoms with Gasteiger partial charge in [-0.1, -0.05) is 17.7 Å². The van der Waals surface area contributed by atoms with E-state index in [9.17, 15) is 4.79 Å². The minimum atomic E-state index is -0.0577. The number of thiophene rings is 1. The lowest BCUT2D eigenvalue weighted by Crippen LogP contribution is -2.35. The monoisotopic (exact) mass is 408 g/mol. The summed E-state index contributed by atoms with van der Waals surface area (Å²) in [5, 5.41) is 1.84. The van der Waals surface area contributed by atoms with Crippen molar-refractivity contribution in [3.63, 3.8) is 0 Å². The normalized spacial score (nSPS) is 14.3. The number of hydrogen-bond acceptors (Lipinski definition) is 5. The third-order valence-electron chi connectivity index (χ3n) is 4.99. The van der Waals surface area contributed by atoms with Crippen molar-refractivity contribution in [3.8, 4) is 11.4 Å². The summed E-state index contributed by atoms with van der Waals surface area (Å²) in [5.41, 5.74) is 2.47. The van der Waals surface area contributed by atoms with E-state index in [1.807, 2.05) is 24.4 Å². The molecule has 4 aromatic rings. The Bertz CT molecular complexity index is 1180. The molecular formula is C21H17ClN4OS. The molecule has 0 radical (unpaired) electrons. The molecule has 1 aromatic carbocycles. The average Bonchev–Trinajstić information content (AvgIpc) is 3.11. The van der Waals surface area contributed by atoms with Crippen LogP contribution in [0.25, 0.3) is 21.6 Å². The number of aromatic nitrogens is 3. The first-order chi connectivity index (χ1) is 13.7. The number of halogens is 1. The van der Waals surface area contributed by atoms with E-state index in [-0.39, 0.29) is 5.56 Å². The van der Waals surface area contributed by atoms with Crippen LogP contribution in [-0.2, 0) is 19.5 Å². The molecule has 1 N–H and O–H groups in total. The van der Waals surface area contributed by atoms with Crippen LogP contribution in [-0.4, -0.2) is 26.4 Å². The van der Waals surface area contributed by atoms with Crippen molar-refractivity contribution >= 4 is 33.2 Å². The van der Waals surface area contributed by atoms with Crippen molar-refractivity contribution in [2.75, 3.05) is 6.54 Å². The molecule has 4 heterocycles. The fourth-order valence-corrected chi connectivity index (χ4v) is 4.75. The van der Waals surface area contributed by atoms with Gasteiger partial charge in [-0.3, -0.25) is 9.69 Å². The lowest BCUT2D eigenvalue weighted by Gasteiger charge is -2.27. The van der Waals surface area contributed by atoms with E-state index in [0.717, 1.165) is 41.2 Å². The molecule has 140 valence electrons. The summed E-state index contributed by atoms with van der Waals surface area (Å²) >= 11 is 7.67. The molecule has 0 amide bonds. The van der Waals surface area contributed by atoms with Gasteiger partial charge in [-0.25, -0.2) is 9.97 Å². The van der Waals surface area contributed by atoms with E-state index < -0.39 is 0 Å². The first-order valence-corrected chi connectivity index (χ1v) is 10.3. The summed E-state index contributed by atoms with van der Waals surface area (Å²) < 4.78 is 0. The van der Waals surface area contributed by atoms with E-state index in [2.05, 4.69) is 27.0 Å². The molecule has 0 fully saturated rings. The van der Waals surface area contributed by atoms with Gasteiger partial charge in [-0.2, -0.15) is 0 Å². The van der Waals surface area contributed by atoms with Crippen molar-refractivity contribution < 1.29 is 0 Å². The van der Waals surface area contributed by atoms with Gasteiger partial charge in [0.15, 0.2) is 0 Å². The van der Waals surface area contributed by atoms with E-state index in [1.54, 1.807) is 23.5 Å². The summed E-state index contributed by atoms with van der Waals surface area (Å²) in [6, 6.07) is 13.6. The third-order valence-corrected chi connectivity index (χ3v) is 6.29. The minimum absolute atomic E-state index is 0.0577. The maximum Gasteiger partial charge on any atom is 0.255 e. The zero-order valence-electron chi connectivity index (χ0n) is 15.0. The van der Waals surface area contributed by atoms with Crippen molar-refractivity contribution in [2.45, 2.75) is 19.5 Å². The van der Waals surface area contributed by atoms with Crippen LogP contribution < -0.4 is 5.56 Å². The molecule has 0 aliphatic carbocycles. The van der Waals surface area contributed by atoms with Crippen LogP contribution in [0.15, 0.2) is 53.5 Å². The highest BCUT2D eigenvalue weighted by atomic mass is 35.5. The second-order valence-corrected chi connectivity index (χ2v) is 8.47. The zero-order chi connectivity index (χ0) is 19.1. The number of H-pyrrole nitrogens is 1. The predicted octanol–water partition coefficient (Wildman–Crippen LogP) is 4.26. The van der Waals surface area contributed by atoms with Crippen LogP contribution >= 0.6 is 22.9 Å². The predicted molar refractivity (Wildman–Crippen MR) is 113 cm³/mol. The largest absolute Gasteiger partial charge is 0.306 e. The van der Waals surface area contributed by atoms with E-state index in [1.165, 1.54) is 10.3 Å². The van der Waals surface area contributed by atoms with Crippen molar-refractivity contribution in [3.05, 3.63) is 80.2 Å². The molecule has 5 nitrogen and oxygen atoms in total. The highest BCUT2D eigenvalue weighted by Crippen LogP contribution is 2.26. The molecule has 0 unspecified atom stereocenters. The van der Waals surface area contributed by atoms with Gasteiger partial charge < -0.3 is 4.98 Å². The summed E-state index contributed by atoms with van der Waals surface area (Å²) in [4.78, 5) is 29.4. The highest BCUT2D eigenvalue weighted by molar-refractivity contribution is 7.18. The number of nitrogens with one attached hydrogen (secondary N) is 1. The van der Waals surface area contributed by atoms with Gasteiger partial charge in [0.25, 0.3) is 5.56 Å². The van der Waals surface area contributed by atoms with Crippen LogP contribution in [0.1, 0.15) is 16.1 Å². The van der Waals surface area contributed by atoms with Crippen molar-refractivity contribution in [1.82, 2.24) is 19.9 Å². The van der Waals surface area contributed by atoms with Gasteiger partial charge in [0.2, 0.25) is 0 Å². The number of rotatable bonds is 3. The highest BCUT2D eigenvalue weighted by Gasteiger charge is 2.22. The Morgan fingerprint density at radius 1 is 1.21 bits per heavy atom. The van der Waals surface area contributed by atoms with Crippen LogP contribution in [0.3, 0.4) is 0 Å². The van der Waals surface area contributed by atoms with Gasteiger partial charge in [0, 0.05) is 53.1 Å². The fourth-order valence-electron chi connectivity index (χ4n) is 3.58. The van der Waals surface area contributed by atoms with Crippen LogP contribution in [0.2, 0.25) is 5.02 Å². The van der Waals surface area contributed by atoms with Crippen LogP contribution in [0.5, 0.6) is 0 Å². The molecule has 28 heavy (non-hydrogen) atoms. The average molecular weight is 409 g/mol. The van der Waals surface area contributed by atoms with Gasteiger partial charge in [-0.15, -0.1) is 11.3 Å². The number of aromatic amines is 1. The lowest BCUT2D eigenvalue weighted by atomic mass is 10.1. The Morgan fingerprint density at radius 2 is 2.07 bits per heavy atom. The maximum absolute atomic E-state index is 12.7. The molecule has 1 aliphatic rings. The van der Waals surface area contributed by atoms with E-state index >= 15 is 0 Å². The van der Waals surface area contributed by atoms with Crippen LogP contribution in [0.4, 0.5) is 0 Å². The summed E-state index contributed by atoms with van der Waals surface area (Å²) in [7, 11) is 0. The van der Waals surface area contributed by atoms with Crippen molar-refractivity contribution in [1.29, 1.82) is 0 Å². The van der Waals surface area contributed by atoms with Gasteiger partial charge >= 0.3 is 0 Å². The van der Waals surface area contributed by atoms with Gasteiger partial charge in [0.05, 0.1) is 11.3 Å². The number of benzene rings is 1. The van der Waals surface area contributed by atoms with E-state index in [4.69, 9.17) is 16.6 Å². The standard InChI is InChI=1S/C21H17ClN4OS/c22-15-5-3-13(4-6-15)19-24-18-7-9-26(12-17(18)20(27)25-19)11-16-10-14-2-1-8-23-21(14)28-16/h1-6,8,10H,7,9,11-12H2,(H,24,25,27). The minimum Gasteiger partial charge on any atom is -0.306 e. The molecule has 0 bridgehead atoms. The molecule has 0 saturated carbocycles. The summed E-state index contributed by atoms with van der Waals surface area (Å²) in [6.45, 7) is 2.31. The number of hydrogen-bond donors (Lipinski definition) is 1. The molecule has 0 atom stereocenters. The second kappa shape index (κ2) is 7.13. The van der Waals surface area contributed by atoms with Gasteiger partial charge in [-0.05, 0) is 36.4 Å². The smallest absolute Gasteiger partial charge is 0.255 e. The SMILES string of the molecule is O=c1[nH]c(-c2ccc(Cl)cc2)nc2c1CN(Cc1cc3cccnc3s1)CC2. The third kappa shape index (κ3) is 3.35. The molecule has 5 rings (SSSR count). The maximum atomic E-state index is 12.7. The van der Waals surface area contributed by atoms with Gasteiger partial charge in [0.1, 0.15) is 10.7 Å². The Balaban J connectivity index is 1.39. The topological polar surface area (TPSA) is 61.9 Å². The summed E-state index contributed by atoms with van der Waals surface area (Å²) in [5.74, 6) is 0.601. The summed E-state index contributed by atoms with van der Waals surface area (Å²) in [6.07, 6.45) is 2.59. The molecular weight excluding hydrogens is 392 g/mol. The number of fused-ring (bicyclic) bond motifs is 2. The molecule has 7 heteroatoms. The van der Waals surface area contributed by atoms with Crippen molar-refractivity contribution in [2.24, 2.45) is 0 Å². The Kier molecular flexibility index (Phi) is 4.47. The lowest BCUT2D eigenvalue weighted by molar-refractivity contribution is 0.244. The second-order valence-electron chi connectivity index (χ2n) is 6.92. The molecule has 0 spiro atoms. The Labute approximate surface area is 170 Å².